The Bertz CT molecular complexity index is 763. The molecule has 0 bridgehead atoms. The Morgan fingerprint density at radius 2 is 2.00 bits per heavy atom. The fourth-order valence-electron chi connectivity index (χ4n) is 3.50. The molecular weight excluding hydrogens is 314 g/mol. The minimum Gasteiger partial charge on any atom is -0.506 e. The van der Waals surface area contributed by atoms with Crippen LogP contribution in [0.2, 0.25) is 5.02 Å². The molecule has 0 radical (unpaired) electrons. The lowest BCUT2D eigenvalue weighted by Crippen LogP contribution is -3.11. The number of hydrogen-bond donors (Lipinski definition) is 2. The van der Waals surface area contributed by atoms with Gasteiger partial charge in [-0.1, -0.05) is 24.9 Å². The molecule has 0 amide bonds. The van der Waals surface area contributed by atoms with Gasteiger partial charge in [-0.2, -0.15) is 0 Å². The molecule has 2 aromatic rings. The standard InChI is InChI=1S/C18H22ClNO3/c1-2-6-12-9-16(21)23-18-13(12)10-15(19)17(22)14(18)11-20-7-4-3-5-8-20/h9-10,22H,2-8,11H2,1H3/p+1. The molecule has 23 heavy (non-hydrogen) atoms. The number of phenols is 1. The van der Waals surface area contributed by atoms with Gasteiger partial charge in [0.2, 0.25) is 0 Å². The summed E-state index contributed by atoms with van der Waals surface area (Å²) in [5, 5.41) is 11.6. The number of benzene rings is 1. The number of aromatic hydroxyl groups is 1. The number of hydrogen-bond acceptors (Lipinski definition) is 3. The van der Waals surface area contributed by atoms with Gasteiger partial charge in [-0.05, 0) is 37.3 Å². The largest absolute Gasteiger partial charge is 0.506 e. The lowest BCUT2D eigenvalue weighted by Gasteiger charge is -2.24. The Kier molecular flexibility index (Phi) is 4.93. The second-order valence-electron chi connectivity index (χ2n) is 6.39. The molecule has 0 spiro atoms. The van der Waals surface area contributed by atoms with Crippen LogP contribution in [0.15, 0.2) is 21.3 Å². The molecule has 0 unspecified atom stereocenters. The van der Waals surface area contributed by atoms with E-state index in [4.69, 9.17) is 16.0 Å². The molecule has 3 rings (SSSR count). The molecule has 2 heterocycles. The van der Waals surface area contributed by atoms with Crippen LogP contribution in [0.1, 0.15) is 43.7 Å². The van der Waals surface area contributed by atoms with Crippen LogP contribution in [0.25, 0.3) is 11.0 Å². The van der Waals surface area contributed by atoms with E-state index in [2.05, 4.69) is 6.92 Å². The van der Waals surface area contributed by atoms with Gasteiger partial charge in [0.1, 0.15) is 12.3 Å². The molecule has 1 aromatic heterocycles. The quantitative estimate of drug-likeness (QED) is 0.844. The van der Waals surface area contributed by atoms with Crippen LogP contribution in [-0.4, -0.2) is 18.2 Å². The van der Waals surface area contributed by atoms with Gasteiger partial charge in [-0.25, -0.2) is 4.79 Å². The zero-order valence-corrected chi connectivity index (χ0v) is 14.2. The summed E-state index contributed by atoms with van der Waals surface area (Å²) >= 11 is 6.24. The van der Waals surface area contributed by atoms with E-state index < -0.39 is 0 Å². The Balaban J connectivity index is 2.14. The van der Waals surface area contributed by atoms with E-state index in [0.717, 1.165) is 36.9 Å². The number of piperidine rings is 1. The predicted molar refractivity (Wildman–Crippen MR) is 91.4 cm³/mol. The first-order valence-corrected chi connectivity index (χ1v) is 8.78. The number of likely N-dealkylation sites (tertiary alicyclic amines) is 1. The van der Waals surface area contributed by atoms with E-state index in [-0.39, 0.29) is 11.4 Å². The number of fused-ring (bicyclic) bond motifs is 1. The van der Waals surface area contributed by atoms with Crippen molar-refractivity contribution in [3.05, 3.63) is 38.7 Å². The van der Waals surface area contributed by atoms with Crippen molar-refractivity contribution in [2.24, 2.45) is 0 Å². The van der Waals surface area contributed by atoms with Gasteiger partial charge in [-0.3, -0.25) is 0 Å². The monoisotopic (exact) mass is 336 g/mol. The summed E-state index contributed by atoms with van der Waals surface area (Å²) in [4.78, 5) is 13.3. The number of aryl methyl sites for hydroxylation is 1. The van der Waals surface area contributed by atoms with E-state index in [0.29, 0.717) is 22.7 Å². The Labute approximate surface area is 140 Å². The van der Waals surface area contributed by atoms with Crippen LogP contribution in [0.3, 0.4) is 0 Å². The van der Waals surface area contributed by atoms with Crippen molar-refractivity contribution in [2.45, 2.75) is 45.6 Å². The van der Waals surface area contributed by atoms with Crippen LogP contribution < -0.4 is 10.5 Å². The summed E-state index contributed by atoms with van der Waals surface area (Å²) in [5.41, 5.74) is 1.74. The summed E-state index contributed by atoms with van der Waals surface area (Å²) < 4.78 is 5.47. The molecule has 0 atom stereocenters. The first-order chi connectivity index (χ1) is 11.1. The van der Waals surface area contributed by atoms with Crippen LogP contribution in [0.4, 0.5) is 0 Å². The van der Waals surface area contributed by atoms with E-state index in [1.807, 2.05) is 0 Å². The average Bonchev–Trinajstić information content (AvgIpc) is 2.54. The first-order valence-electron chi connectivity index (χ1n) is 8.40. The van der Waals surface area contributed by atoms with Gasteiger partial charge in [0.15, 0.2) is 5.58 Å². The number of halogens is 1. The summed E-state index contributed by atoms with van der Waals surface area (Å²) in [7, 11) is 0. The molecule has 1 aliphatic rings. The molecule has 1 fully saturated rings. The van der Waals surface area contributed by atoms with E-state index in [1.165, 1.54) is 30.2 Å². The molecule has 4 nitrogen and oxygen atoms in total. The summed E-state index contributed by atoms with van der Waals surface area (Å²) in [6.45, 7) is 4.86. The minimum atomic E-state index is -0.363. The Morgan fingerprint density at radius 3 is 2.70 bits per heavy atom. The van der Waals surface area contributed by atoms with Gasteiger partial charge in [-0.15, -0.1) is 0 Å². The number of rotatable bonds is 4. The fourth-order valence-corrected chi connectivity index (χ4v) is 3.72. The molecule has 1 saturated heterocycles. The highest BCUT2D eigenvalue weighted by atomic mass is 35.5. The van der Waals surface area contributed by atoms with Gasteiger partial charge in [0.05, 0.1) is 23.7 Å². The molecule has 5 heteroatoms. The van der Waals surface area contributed by atoms with Gasteiger partial charge in [0, 0.05) is 11.5 Å². The maximum atomic E-state index is 11.9. The summed E-state index contributed by atoms with van der Waals surface area (Å²) in [5.74, 6) is 0.0500. The fraction of sp³-hybridized carbons (Fsp3) is 0.500. The zero-order valence-electron chi connectivity index (χ0n) is 13.5. The molecule has 1 aliphatic heterocycles. The maximum absolute atomic E-state index is 11.9. The van der Waals surface area contributed by atoms with Gasteiger partial charge < -0.3 is 14.4 Å². The van der Waals surface area contributed by atoms with Crippen molar-refractivity contribution in [1.29, 1.82) is 0 Å². The van der Waals surface area contributed by atoms with Crippen LogP contribution in [-0.2, 0) is 13.0 Å². The Hall–Kier alpha value is -1.52. The van der Waals surface area contributed by atoms with Crippen LogP contribution in [0.5, 0.6) is 5.75 Å². The van der Waals surface area contributed by atoms with Crippen molar-refractivity contribution in [3.63, 3.8) is 0 Å². The van der Waals surface area contributed by atoms with Crippen LogP contribution >= 0.6 is 11.6 Å². The van der Waals surface area contributed by atoms with Gasteiger partial charge >= 0.3 is 5.63 Å². The first kappa shape index (κ1) is 16.3. The summed E-state index contributed by atoms with van der Waals surface area (Å²) in [6.07, 6.45) is 5.38. The third kappa shape index (κ3) is 3.38. The third-order valence-electron chi connectivity index (χ3n) is 4.65. The normalized spacial score (nSPS) is 16.1. The molecule has 0 saturated carbocycles. The highest BCUT2D eigenvalue weighted by Gasteiger charge is 2.22. The molecular formula is C18H23ClNO3+. The predicted octanol–water partition coefficient (Wildman–Crippen LogP) is 2.67. The lowest BCUT2D eigenvalue weighted by atomic mass is 10.0. The van der Waals surface area contributed by atoms with Crippen LogP contribution in [0, 0.1) is 0 Å². The van der Waals surface area contributed by atoms with Crippen molar-refractivity contribution >= 4 is 22.6 Å². The minimum absolute atomic E-state index is 0.0500. The lowest BCUT2D eigenvalue weighted by molar-refractivity contribution is -0.918. The highest BCUT2D eigenvalue weighted by Crippen LogP contribution is 2.35. The molecule has 0 aliphatic carbocycles. The van der Waals surface area contributed by atoms with Gasteiger partial charge in [0.25, 0.3) is 0 Å². The SMILES string of the molecule is CCCc1cc(=O)oc2c(C[NH+]3CCCCC3)c(O)c(Cl)cc12. The maximum Gasteiger partial charge on any atom is 0.336 e. The van der Waals surface area contributed by atoms with Crippen molar-refractivity contribution in [2.75, 3.05) is 13.1 Å². The van der Waals surface area contributed by atoms with Crippen molar-refractivity contribution in [3.8, 4) is 5.75 Å². The molecule has 124 valence electrons. The average molecular weight is 337 g/mol. The summed E-state index contributed by atoms with van der Waals surface area (Å²) in [6, 6.07) is 3.26. The topological polar surface area (TPSA) is 54.9 Å². The van der Waals surface area contributed by atoms with E-state index >= 15 is 0 Å². The highest BCUT2D eigenvalue weighted by molar-refractivity contribution is 6.33. The number of phenolic OH excluding ortho intramolecular Hbond substituents is 1. The number of quaternary nitrogens is 1. The smallest absolute Gasteiger partial charge is 0.336 e. The second kappa shape index (κ2) is 6.93. The second-order valence-corrected chi connectivity index (χ2v) is 6.80. The van der Waals surface area contributed by atoms with E-state index in [9.17, 15) is 9.90 Å². The third-order valence-corrected chi connectivity index (χ3v) is 4.94. The van der Waals surface area contributed by atoms with Crippen molar-refractivity contribution in [1.82, 2.24) is 0 Å². The van der Waals surface area contributed by atoms with Crippen molar-refractivity contribution < 1.29 is 14.4 Å². The molecule has 1 aromatic carbocycles. The zero-order chi connectivity index (χ0) is 16.4. The number of nitrogens with one attached hydrogen (secondary N) is 1. The van der Waals surface area contributed by atoms with E-state index in [1.54, 1.807) is 6.07 Å². The Morgan fingerprint density at radius 1 is 1.26 bits per heavy atom. The molecule has 2 N–H and O–H groups in total.